The van der Waals surface area contributed by atoms with E-state index in [-0.39, 0.29) is 11.9 Å². The van der Waals surface area contributed by atoms with Crippen LogP contribution in [-0.2, 0) is 11.2 Å². The van der Waals surface area contributed by atoms with Crippen LogP contribution in [0.1, 0.15) is 29.9 Å². The van der Waals surface area contributed by atoms with Crippen molar-refractivity contribution >= 4 is 16.9 Å². The molecule has 1 aromatic heterocycles. The number of para-hydroxylation sites is 1. The summed E-state index contributed by atoms with van der Waals surface area (Å²) in [6.45, 7) is 3.92. The molecule has 0 spiro atoms. The topological polar surface area (TPSA) is 68.3 Å². The molecule has 1 unspecified atom stereocenters. The summed E-state index contributed by atoms with van der Waals surface area (Å²) in [5, 5.41) is 4.03. The Hall–Kier alpha value is -2.59. The van der Waals surface area contributed by atoms with Gasteiger partial charge in [0.25, 0.3) is 0 Å². The van der Waals surface area contributed by atoms with E-state index in [1.54, 1.807) is 0 Å². The van der Waals surface area contributed by atoms with E-state index in [1.807, 2.05) is 68.4 Å². The van der Waals surface area contributed by atoms with Gasteiger partial charge >= 0.3 is 0 Å². The molecule has 1 amide bonds. The molecule has 1 heterocycles. The first-order valence-corrected chi connectivity index (χ1v) is 8.14. The van der Waals surface area contributed by atoms with Crippen LogP contribution in [0, 0.1) is 6.92 Å². The highest BCUT2D eigenvalue weighted by atomic mass is 16.3. The molecule has 0 aliphatic rings. The summed E-state index contributed by atoms with van der Waals surface area (Å²) in [4.78, 5) is 12.4. The van der Waals surface area contributed by atoms with E-state index in [0.29, 0.717) is 6.42 Å². The van der Waals surface area contributed by atoms with Crippen molar-refractivity contribution in [2.45, 2.75) is 32.4 Å². The van der Waals surface area contributed by atoms with Crippen LogP contribution in [-0.4, -0.2) is 11.9 Å². The Kier molecular flexibility index (Phi) is 4.67. The summed E-state index contributed by atoms with van der Waals surface area (Å²) in [6.07, 6.45) is 0.512. The summed E-state index contributed by atoms with van der Waals surface area (Å²) in [7, 11) is 0. The summed E-state index contributed by atoms with van der Waals surface area (Å²) in [5.41, 5.74) is 8.98. The van der Waals surface area contributed by atoms with Crippen LogP contribution < -0.4 is 11.1 Å². The van der Waals surface area contributed by atoms with Gasteiger partial charge in [-0.2, -0.15) is 0 Å². The summed E-state index contributed by atoms with van der Waals surface area (Å²) >= 11 is 0. The third-order valence-corrected chi connectivity index (χ3v) is 4.27. The molecule has 2 atom stereocenters. The molecule has 4 heteroatoms. The van der Waals surface area contributed by atoms with Gasteiger partial charge in [0, 0.05) is 10.9 Å². The molecule has 0 fully saturated rings. The number of fused-ring (bicyclic) bond motifs is 1. The third kappa shape index (κ3) is 3.34. The van der Waals surface area contributed by atoms with Gasteiger partial charge in [0.05, 0.1) is 12.1 Å². The largest absolute Gasteiger partial charge is 0.459 e. The van der Waals surface area contributed by atoms with Gasteiger partial charge in [0.1, 0.15) is 11.3 Å². The van der Waals surface area contributed by atoms with E-state index in [1.165, 1.54) is 0 Å². The molecule has 124 valence electrons. The van der Waals surface area contributed by atoms with Crippen molar-refractivity contribution in [1.82, 2.24) is 5.32 Å². The normalized spacial score (nSPS) is 13.6. The third-order valence-electron chi connectivity index (χ3n) is 4.27. The van der Waals surface area contributed by atoms with Gasteiger partial charge in [-0.05, 0) is 31.9 Å². The molecule has 2 aromatic carbocycles. The first-order valence-electron chi connectivity index (χ1n) is 8.14. The van der Waals surface area contributed by atoms with Gasteiger partial charge < -0.3 is 15.5 Å². The number of amides is 1. The SMILES string of the molecule is Cc1c(C(C)NC(=O)[C@@H](N)Cc2ccccc2)oc2ccccc12. The molecule has 4 nitrogen and oxygen atoms in total. The number of furan rings is 1. The molecular formula is C20H22N2O2. The molecule has 0 saturated heterocycles. The zero-order valence-electron chi connectivity index (χ0n) is 14.0. The maximum absolute atomic E-state index is 12.4. The van der Waals surface area contributed by atoms with Crippen molar-refractivity contribution in [3.63, 3.8) is 0 Å². The maximum Gasteiger partial charge on any atom is 0.237 e. The van der Waals surface area contributed by atoms with E-state index >= 15 is 0 Å². The lowest BCUT2D eigenvalue weighted by Crippen LogP contribution is -2.43. The molecular weight excluding hydrogens is 300 g/mol. The molecule has 3 aromatic rings. The number of carbonyl (C=O) groups excluding carboxylic acids is 1. The minimum atomic E-state index is -0.584. The van der Waals surface area contributed by atoms with Crippen LogP contribution in [0.5, 0.6) is 0 Å². The van der Waals surface area contributed by atoms with Crippen LogP contribution in [0.2, 0.25) is 0 Å². The number of aryl methyl sites for hydroxylation is 1. The zero-order valence-corrected chi connectivity index (χ0v) is 14.0. The molecule has 24 heavy (non-hydrogen) atoms. The van der Waals surface area contributed by atoms with Crippen LogP contribution in [0.4, 0.5) is 0 Å². The second-order valence-electron chi connectivity index (χ2n) is 6.11. The van der Waals surface area contributed by atoms with Crippen LogP contribution in [0.3, 0.4) is 0 Å². The highest BCUT2D eigenvalue weighted by Gasteiger charge is 2.21. The molecule has 0 saturated carbocycles. The average Bonchev–Trinajstić information content (AvgIpc) is 2.93. The predicted octanol–water partition coefficient (Wildman–Crippen LogP) is 3.49. The van der Waals surface area contributed by atoms with E-state index < -0.39 is 6.04 Å². The van der Waals surface area contributed by atoms with E-state index in [9.17, 15) is 4.79 Å². The molecule has 0 bridgehead atoms. The average molecular weight is 322 g/mol. The smallest absolute Gasteiger partial charge is 0.237 e. The summed E-state index contributed by atoms with van der Waals surface area (Å²) < 4.78 is 5.90. The Balaban J connectivity index is 1.70. The number of benzene rings is 2. The Bertz CT molecular complexity index is 839. The van der Waals surface area contributed by atoms with Gasteiger partial charge in [-0.3, -0.25) is 4.79 Å². The van der Waals surface area contributed by atoms with Crippen molar-refractivity contribution in [3.8, 4) is 0 Å². The highest BCUT2D eigenvalue weighted by Crippen LogP contribution is 2.29. The van der Waals surface area contributed by atoms with E-state index in [4.69, 9.17) is 10.2 Å². The van der Waals surface area contributed by atoms with Gasteiger partial charge in [0.2, 0.25) is 5.91 Å². The van der Waals surface area contributed by atoms with Crippen LogP contribution in [0.25, 0.3) is 11.0 Å². The standard InChI is InChI=1S/C20H22N2O2/c1-13-16-10-6-7-11-18(16)24-19(13)14(2)22-20(23)17(21)12-15-8-4-3-5-9-15/h3-11,14,17H,12,21H2,1-2H3,(H,22,23)/t14?,17-/m0/s1. The van der Waals surface area contributed by atoms with Crippen LogP contribution in [0.15, 0.2) is 59.0 Å². The summed E-state index contributed by atoms with van der Waals surface area (Å²) in [5.74, 6) is 0.600. The fourth-order valence-electron chi connectivity index (χ4n) is 2.95. The van der Waals surface area contributed by atoms with Gasteiger partial charge in [0.15, 0.2) is 0 Å². The number of rotatable bonds is 5. The lowest BCUT2D eigenvalue weighted by atomic mass is 10.0. The number of hydrogen-bond acceptors (Lipinski definition) is 3. The quantitative estimate of drug-likeness (QED) is 0.755. The van der Waals surface area contributed by atoms with Crippen molar-refractivity contribution in [2.24, 2.45) is 5.73 Å². The van der Waals surface area contributed by atoms with E-state index in [0.717, 1.165) is 27.9 Å². The number of hydrogen-bond donors (Lipinski definition) is 2. The first kappa shape index (κ1) is 16.3. The van der Waals surface area contributed by atoms with Gasteiger partial charge in [-0.15, -0.1) is 0 Å². The molecule has 0 aliphatic heterocycles. The zero-order chi connectivity index (χ0) is 17.1. The molecule has 3 rings (SSSR count). The van der Waals surface area contributed by atoms with Crippen molar-refractivity contribution < 1.29 is 9.21 Å². The minimum absolute atomic E-state index is 0.175. The maximum atomic E-state index is 12.4. The number of nitrogens with one attached hydrogen (secondary N) is 1. The second kappa shape index (κ2) is 6.89. The second-order valence-corrected chi connectivity index (χ2v) is 6.11. The van der Waals surface area contributed by atoms with Crippen molar-refractivity contribution in [2.75, 3.05) is 0 Å². The predicted molar refractivity (Wildman–Crippen MR) is 95.6 cm³/mol. The lowest BCUT2D eigenvalue weighted by molar-refractivity contribution is -0.123. The fraction of sp³-hybridized carbons (Fsp3) is 0.250. The van der Waals surface area contributed by atoms with Gasteiger partial charge in [-0.1, -0.05) is 48.5 Å². The Labute approximate surface area is 141 Å². The van der Waals surface area contributed by atoms with Crippen molar-refractivity contribution in [1.29, 1.82) is 0 Å². The van der Waals surface area contributed by atoms with Crippen molar-refractivity contribution in [3.05, 3.63) is 71.5 Å². The molecule has 3 N–H and O–H groups in total. The fourth-order valence-corrected chi connectivity index (χ4v) is 2.95. The number of nitrogens with two attached hydrogens (primary N) is 1. The Morgan fingerprint density at radius 1 is 1.12 bits per heavy atom. The molecule has 0 aliphatic carbocycles. The summed E-state index contributed by atoms with van der Waals surface area (Å²) in [6, 6.07) is 16.8. The number of carbonyl (C=O) groups is 1. The molecule has 0 radical (unpaired) electrons. The van der Waals surface area contributed by atoms with Gasteiger partial charge in [-0.25, -0.2) is 0 Å². The lowest BCUT2D eigenvalue weighted by Gasteiger charge is -2.17. The Morgan fingerprint density at radius 2 is 1.79 bits per heavy atom. The Morgan fingerprint density at radius 3 is 2.50 bits per heavy atom. The minimum Gasteiger partial charge on any atom is -0.459 e. The van der Waals surface area contributed by atoms with Crippen LogP contribution >= 0.6 is 0 Å². The monoisotopic (exact) mass is 322 g/mol. The van der Waals surface area contributed by atoms with E-state index in [2.05, 4.69) is 5.32 Å². The highest BCUT2D eigenvalue weighted by molar-refractivity contribution is 5.84. The first-order chi connectivity index (χ1) is 11.6.